The lowest BCUT2D eigenvalue weighted by atomic mass is 9.68. The first-order chi connectivity index (χ1) is 8.34. The highest BCUT2D eigenvalue weighted by molar-refractivity contribution is 5.47. The maximum atomic E-state index is 11.3. The second kappa shape index (κ2) is 2.73. The molecule has 0 heterocycles. The molecule has 4 rings (SSSR count). The summed E-state index contributed by atoms with van der Waals surface area (Å²) in [7, 11) is 1.87. The molecule has 4 aliphatic rings. The Morgan fingerprint density at radius 2 is 1.94 bits per heavy atom. The van der Waals surface area contributed by atoms with E-state index >= 15 is 0 Å². The van der Waals surface area contributed by atoms with Crippen LogP contribution in [0.2, 0.25) is 0 Å². The second-order valence-corrected chi connectivity index (χ2v) is 7.97. The van der Waals surface area contributed by atoms with Gasteiger partial charge in [0.25, 0.3) is 0 Å². The lowest BCUT2D eigenvalue weighted by Crippen LogP contribution is -2.47. The van der Waals surface area contributed by atoms with Crippen LogP contribution in [0.1, 0.15) is 40.0 Å². The normalized spacial score (nSPS) is 59.9. The summed E-state index contributed by atoms with van der Waals surface area (Å²) in [6.45, 7) is 6.57. The molecule has 100 valence electrons. The van der Waals surface area contributed by atoms with Crippen molar-refractivity contribution < 1.29 is 9.84 Å². The van der Waals surface area contributed by atoms with Gasteiger partial charge in [-0.2, -0.15) is 0 Å². The fourth-order valence-corrected chi connectivity index (χ4v) is 6.15. The van der Waals surface area contributed by atoms with Gasteiger partial charge in [0.1, 0.15) is 0 Å². The van der Waals surface area contributed by atoms with Crippen LogP contribution in [-0.2, 0) is 4.74 Å². The van der Waals surface area contributed by atoms with E-state index in [2.05, 4.69) is 32.9 Å². The highest BCUT2D eigenvalue weighted by Gasteiger charge is 2.90. The minimum absolute atomic E-state index is 0.0347. The Hall–Kier alpha value is -0.340. The van der Waals surface area contributed by atoms with E-state index in [9.17, 15) is 5.11 Å². The summed E-state index contributed by atoms with van der Waals surface area (Å²) < 4.78 is 6.00. The zero-order valence-corrected chi connectivity index (χ0v) is 11.9. The lowest BCUT2D eigenvalue weighted by Gasteiger charge is -2.42. The zero-order valence-electron chi connectivity index (χ0n) is 11.9. The van der Waals surface area contributed by atoms with Gasteiger partial charge in [0.2, 0.25) is 0 Å². The molecule has 0 amide bonds. The third-order valence-corrected chi connectivity index (χ3v) is 6.99. The number of hydrogen-bond acceptors (Lipinski definition) is 2. The van der Waals surface area contributed by atoms with Crippen LogP contribution in [0.15, 0.2) is 12.2 Å². The molecule has 0 aromatic rings. The fraction of sp³-hybridized carbons (Fsp3) is 0.875. The summed E-state index contributed by atoms with van der Waals surface area (Å²) in [5.41, 5.74) is -0.212. The van der Waals surface area contributed by atoms with E-state index in [1.165, 1.54) is 0 Å². The second-order valence-electron chi connectivity index (χ2n) is 7.97. The van der Waals surface area contributed by atoms with Crippen molar-refractivity contribution >= 4 is 0 Å². The first kappa shape index (κ1) is 11.5. The number of methoxy groups -OCH3 is 1. The van der Waals surface area contributed by atoms with Gasteiger partial charge >= 0.3 is 0 Å². The molecule has 1 N–H and O–H groups in total. The molecular weight excluding hydrogens is 224 g/mol. The number of ether oxygens (including phenoxy) is 1. The lowest BCUT2D eigenvalue weighted by molar-refractivity contribution is -0.0969. The smallest absolute Gasteiger partial charge is 0.0876 e. The summed E-state index contributed by atoms with van der Waals surface area (Å²) in [4.78, 5) is 0. The van der Waals surface area contributed by atoms with Gasteiger partial charge in [-0.05, 0) is 30.6 Å². The van der Waals surface area contributed by atoms with Crippen molar-refractivity contribution in [2.24, 2.45) is 28.6 Å². The third kappa shape index (κ3) is 0.805. The van der Waals surface area contributed by atoms with E-state index < -0.39 is 5.60 Å². The zero-order chi connectivity index (χ0) is 13.0. The predicted octanol–water partition coefficient (Wildman–Crippen LogP) is 2.76. The Labute approximate surface area is 109 Å². The van der Waals surface area contributed by atoms with Gasteiger partial charge in [0, 0.05) is 24.4 Å². The Morgan fingerprint density at radius 1 is 1.22 bits per heavy atom. The van der Waals surface area contributed by atoms with Crippen molar-refractivity contribution in [3.63, 3.8) is 0 Å². The molecule has 0 aliphatic heterocycles. The van der Waals surface area contributed by atoms with Crippen molar-refractivity contribution in [2.75, 3.05) is 7.11 Å². The average molecular weight is 248 g/mol. The maximum absolute atomic E-state index is 11.3. The SMILES string of the molecule is CO[C@@]12C3C=CC1C21CC[C@](O)(C(C)(C)C)C1C3. The van der Waals surface area contributed by atoms with Crippen LogP contribution in [0, 0.1) is 28.6 Å². The van der Waals surface area contributed by atoms with E-state index in [1.807, 2.05) is 7.11 Å². The Kier molecular flexibility index (Phi) is 1.74. The topological polar surface area (TPSA) is 29.5 Å². The summed E-state index contributed by atoms with van der Waals surface area (Å²) in [5, 5.41) is 11.3. The largest absolute Gasteiger partial charge is 0.389 e. The molecule has 0 saturated heterocycles. The van der Waals surface area contributed by atoms with Gasteiger partial charge in [-0.1, -0.05) is 32.9 Å². The van der Waals surface area contributed by atoms with Crippen LogP contribution in [0.4, 0.5) is 0 Å². The number of hydrogen-bond donors (Lipinski definition) is 1. The molecule has 2 nitrogen and oxygen atoms in total. The molecule has 0 bridgehead atoms. The van der Waals surface area contributed by atoms with Crippen LogP contribution in [0.3, 0.4) is 0 Å². The summed E-state index contributed by atoms with van der Waals surface area (Å²) in [6, 6.07) is 0. The third-order valence-electron chi connectivity index (χ3n) is 6.99. The van der Waals surface area contributed by atoms with Crippen LogP contribution in [-0.4, -0.2) is 23.4 Å². The molecule has 0 radical (unpaired) electrons. The molecule has 3 saturated carbocycles. The first-order valence-electron chi connectivity index (χ1n) is 7.30. The highest BCUT2D eigenvalue weighted by atomic mass is 16.5. The van der Waals surface area contributed by atoms with E-state index in [-0.39, 0.29) is 16.4 Å². The fourth-order valence-electron chi connectivity index (χ4n) is 6.15. The molecule has 2 heteroatoms. The van der Waals surface area contributed by atoms with Crippen molar-refractivity contribution in [2.45, 2.75) is 51.2 Å². The molecule has 4 unspecified atom stereocenters. The van der Waals surface area contributed by atoms with Gasteiger partial charge in [-0.25, -0.2) is 0 Å². The first-order valence-corrected chi connectivity index (χ1v) is 7.30. The van der Waals surface area contributed by atoms with Crippen molar-refractivity contribution in [1.82, 2.24) is 0 Å². The minimum atomic E-state index is -0.508. The predicted molar refractivity (Wildman–Crippen MR) is 70.0 cm³/mol. The van der Waals surface area contributed by atoms with Crippen LogP contribution >= 0.6 is 0 Å². The molecule has 0 aromatic carbocycles. The highest BCUT2D eigenvalue weighted by Crippen LogP contribution is 2.87. The van der Waals surface area contributed by atoms with Crippen molar-refractivity contribution in [3.05, 3.63) is 12.2 Å². The van der Waals surface area contributed by atoms with Gasteiger partial charge in [0.15, 0.2) is 0 Å². The van der Waals surface area contributed by atoms with E-state index in [1.54, 1.807) is 0 Å². The summed E-state index contributed by atoms with van der Waals surface area (Å²) >= 11 is 0. The van der Waals surface area contributed by atoms with Crippen LogP contribution < -0.4 is 0 Å². The molecule has 1 spiro atoms. The van der Waals surface area contributed by atoms with Gasteiger partial charge < -0.3 is 9.84 Å². The quantitative estimate of drug-likeness (QED) is 0.723. The Bertz CT molecular complexity index is 449. The number of rotatable bonds is 1. The van der Waals surface area contributed by atoms with Crippen LogP contribution in [0.25, 0.3) is 0 Å². The van der Waals surface area contributed by atoms with E-state index in [4.69, 9.17) is 4.74 Å². The van der Waals surface area contributed by atoms with Crippen molar-refractivity contribution in [3.8, 4) is 0 Å². The van der Waals surface area contributed by atoms with E-state index in [0.717, 1.165) is 19.3 Å². The van der Waals surface area contributed by atoms with Crippen LogP contribution in [0.5, 0.6) is 0 Å². The van der Waals surface area contributed by atoms with E-state index in [0.29, 0.717) is 17.8 Å². The number of aliphatic hydroxyl groups is 1. The Morgan fingerprint density at radius 3 is 2.50 bits per heavy atom. The Balaban J connectivity index is 1.81. The molecular formula is C16H24O2. The van der Waals surface area contributed by atoms with Gasteiger partial charge in [0.05, 0.1) is 11.2 Å². The maximum Gasteiger partial charge on any atom is 0.0876 e. The molecule has 3 fully saturated rings. The van der Waals surface area contributed by atoms with Gasteiger partial charge in [-0.15, -0.1) is 0 Å². The molecule has 4 aliphatic carbocycles. The summed E-state index contributed by atoms with van der Waals surface area (Å²) in [6.07, 6.45) is 7.94. The average Bonchev–Trinajstić information content (AvgIpc) is 2.54. The minimum Gasteiger partial charge on any atom is -0.389 e. The monoisotopic (exact) mass is 248 g/mol. The van der Waals surface area contributed by atoms with Gasteiger partial charge in [-0.3, -0.25) is 0 Å². The van der Waals surface area contributed by atoms with Crippen molar-refractivity contribution in [1.29, 1.82) is 0 Å². The molecule has 0 aromatic heterocycles. The molecule has 6 atom stereocenters. The summed E-state index contributed by atoms with van der Waals surface area (Å²) in [5.74, 6) is 1.55. The standard InChI is InChI=1S/C16H24O2/c1-13(2,3)15(17)8-7-14-11-6-5-10(9-12(14)15)16(11,14)18-4/h5-6,10-12,17H,7-9H2,1-4H3/t10?,11?,12?,14?,15-,16+/m1/s1. The molecule has 18 heavy (non-hydrogen) atoms.